The minimum absolute atomic E-state index is 0.152. The van der Waals surface area contributed by atoms with E-state index in [4.69, 9.17) is 14.2 Å². The molecule has 0 bridgehead atoms. The molecule has 2 N–H and O–H groups in total. The zero-order valence-electron chi connectivity index (χ0n) is 21.2. The first-order valence-corrected chi connectivity index (χ1v) is 12.5. The molecule has 0 fully saturated rings. The van der Waals surface area contributed by atoms with Crippen molar-refractivity contribution >= 4 is 29.2 Å². The van der Waals surface area contributed by atoms with E-state index in [9.17, 15) is 9.59 Å². The van der Waals surface area contributed by atoms with Crippen LogP contribution in [0, 0.1) is 5.92 Å². The highest BCUT2D eigenvalue weighted by molar-refractivity contribution is 7.10. The van der Waals surface area contributed by atoms with E-state index >= 15 is 0 Å². The van der Waals surface area contributed by atoms with E-state index in [1.54, 1.807) is 31.4 Å². The highest BCUT2D eigenvalue weighted by Crippen LogP contribution is 2.28. The number of methoxy groups -OCH3 is 3. The lowest BCUT2D eigenvalue weighted by atomic mass is 9.96. The standard InChI is InChI=1S/C28H32N2O5S/c1-18(2)15-23(19-8-11-21(33-3)12-9-19)29-28(32)24(17-22-7-6-14-36-22)30-27(31)20-10-13-25(34-4)26(16-20)35-5/h6-14,16-18,23H,15H2,1-5H3,(H,29,32)(H,30,31)/b24-17-/t23-/m1/s1. The van der Waals surface area contributed by atoms with Crippen LogP contribution in [0.25, 0.3) is 6.08 Å². The highest BCUT2D eigenvalue weighted by Gasteiger charge is 2.21. The lowest BCUT2D eigenvalue weighted by Crippen LogP contribution is -2.37. The van der Waals surface area contributed by atoms with Gasteiger partial charge in [-0.3, -0.25) is 9.59 Å². The molecule has 1 aromatic heterocycles. The Kier molecular flexibility index (Phi) is 9.53. The van der Waals surface area contributed by atoms with Gasteiger partial charge in [0.1, 0.15) is 11.4 Å². The van der Waals surface area contributed by atoms with Crippen molar-refractivity contribution in [1.29, 1.82) is 0 Å². The van der Waals surface area contributed by atoms with E-state index in [1.165, 1.54) is 25.6 Å². The number of amides is 2. The fraction of sp³-hybridized carbons (Fsp3) is 0.286. The molecule has 0 saturated heterocycles. The Labute approximate surface area is 216 Å². The second-order valence-electron chi connectivity index (χ2n) is 8.53. The first-order valence-electron chi connectivity index (χ1n) is 11.6. The van der Waals surface area contributed by atoms with Crippen molar-refractivity contribution in [2.45, 2.75) is 26.3 Å². The lowest BCUT2D eigenvalue weighted by Gasteiger charge is -2.22. The van der Waals surface area contributed by atoms with E-state index in [-0.39, 0.29) is 17.6 Å². The topological polar surface area (TPSA) is 85.9 Å². The molecule has 3 rings (SSSR count). The number of thiophene rings is 1. The Bertz CT molecular complexity index is 1190. The Morgan fingerprint density at radius 1 is 0.944 bits per heavy atom. The molecule has 0 unspecified atom stereocenters. The molecular formula is C28H32N2O5S. The molecule has 0 saturated carbocycles. The zero-order valence-corrected chi connectivity index (χ0v) is 22.0. The van der Waals surface area contributed by atoms with Crippen LogP contribution < -0.4 is 24.8 Å². The number of ether oxygens (including phenoxy) is 3. The molecule has 2 aromatic carbocycles. The van der Waals surface area contributed by atoms with Crippen LogP contribution in [0.5, 0.6) is 17.2 Å². The van der Waals surface area contributed by atoms with Crippen LogP contribution in [-0.4, -0.2) is 33.1 Å². The van der Waals surface area contributed by atoms with Crippen LogP contribution in [0.2, 0.25) is 0 Å². The number of hydrogen-bond acceptors (Lipinski definition) is 6. The maximum absolute atomic E-state index is 13.5. The van der Waals surface area contributed by atoms with Crippen LogP contribution in [0.3, 0.4) is 0 Å². The Hall–Kier alpha value is -3.78. The van der Waals surface area contributed by atoms with Crippen LogP contribution in [-0.2, 0) is 4.79 Å². The summed E-state index contributed by atoms with van der Waals surface area (Å²) in [5.74, 6) is 1.21. The smallest absolute Gasteiger partial charge is 0.268 e. The molecular weight excluding hydrogens is 476 g/mol. The minimum atomic E-state index is -0.432. The van der Waals surface area contributed by atoms with Gasteiger partial charge in [-0.15, -0.1) is 11.3 Å². The Balaban J connectivity index is 1.88. The van der Waals surface area contributed by atoms with Gasteiger partial charge in [-0.25, -0.2) is 0 Å². The van der Waals surface area contributed by atoms with E-state index < -0.39 is 5.91 Å². The maximum atomic E-state index is 13.5. The van der Waals surface area contributed by atoms with Crippen molar-refractivity contribution in [2.24, 2.45) is 5.92 Å². The summed E-state index contributed by atoms with van der Waals surface area (Å²) in [6.07, 6.45) is 2.41. The molecule has 1 heterocycles. The van der Waals surface area contributed by atoms with Crippen molar-refractivity contribution in [1.82, 2.24) is 10.6 Å². The summed E-state index contributed by atoms with van der Waals surface area (Å²) >= 11 is 1.47. The van der Waals surface area contributed by atoms with E-state index in [0.29, 0.717) is 23.0 Å². The van der Waals surface area contributed by atoms with Crippen LogP contribution in [0.4, 0.5) is 0 Å². The number of carbonyl (C=O) groups excluding carboxylic acids is 2. The summed E-state index contributed by atoms with van der Waals surface area (Å²) in [4.78, 5) is 27.5. The number of hydrogen-bond donors (Lipinski definition) is 2. The normalized spacial score (nSPS) is 12.1. The van der Waals surface area contributed by atoms with Crippen molar-refractivity contribution < 1.29 is 23.8 Å². The van der Waals surface area contributed by atoms with Crippen molar-refractivity contribution in [3.05, 3.63) is 81.7 Å². The summed E-state index contributed by atoms with van der Waals surface area (Å²) in [6.45, 7) is 4.20. The molecule has 8 heteroatoms. The summed E-state index contributed by atoms with van der Waals surface area (Å²) in [6, 6.07) is 16.0. The molecule has 0 radical (unpaired) electrons. The molecule has 3 aromatic rings. The molecule has 0 aliphatic rings. The lowest BCUT2D eigenvalue weighted by molar-refractivity contribution is -0.118. The summed E-state index contributed by atoms with van der Waals surface area (Å²) in [5.41, 5.74) is 1.45. The SMILES string of the molecule is COc1ccc([C@@H](CC(C)C)NC(=O)/C(=C/c2cccs2)NC(=O)c2ccc(OC)c(OC)c2)cc1. The fourth-order valence-electron chi connectivity index (χ4n) is 3.67. The number of rotatable bonds is 11. The second-order valence-corrected chi connectivity index (χ2v) is 9.51. The van der Waals surface area contributed by atoms with Gasteiger partial charge in [-0.05, 0) is 65.8 Å². The maximum Gasteiger partial charge on any atom is 0.268 e. The Morgan fingerprint density at radius 3 is 2.25 bits per heavy atom. The quantitative estimate of drug-likeness (QED) is 0.337. The third-order valence-electron chi connectivity index (χ3n) is 5.50. The van der Waals surface area contributed by atoms with Gasteiger partial charge in [0.05, 0.1) is 27.4 Å². The molecule has 7 nitrogen and oxygen atoms in total. The summed E-state index contributed by atoms with van der Waals surface area (Å²) in [7, 11) is 4.65. The van der Waals surface area contributed by atoms with Gasteiger partial charge in [-0.1, -0.05) is 32.0 Å². The zero-order chi connectivity index (χ0) is 26.1. The second kappa shape index (κ2) is 12.8. The van der Waals surface area contributed by atoms with Gasteiger partial charge in [0.2, 0.25) is 0 Å². The summed E-state index contributed by atoms with van der Waals surface area (Å²) in [5, 5.41) is 7.81. The van der Waals surface area contributed by atoms with Crippen LogP contribution >= 0.6 is 11.3 Å². The van der Waals surface area contributed by atoms with Crippen LogP contribution in [0.1, 0.15) is 47.1 Å². The predicted molar refractivity (Wildman–Crippen MR) is 143 cm³/mol. The minimum Gasteiger partial charge on any atom is -0.497 e. The first-order chi connectivity index (χ1) is 17.3. The fourth-order valence-corrected chi connectivity index (χ4v) is 4.33. The van der Waals surface area contributed by atoms with Gasteiger partial charge in [0, 0.05) is 10.4 Å². The van der Waals surface area contributed by atoms with Gasteiger partial charge in [0.15, 0.2) is 11.5 Å². The monoisotopic (exact) mass is 508 g/mol. The Morgan fingerprint density at radius 2 is 1.67 bits per heavy atom. The van der Waals surface area contributed by atoms with Gasteiger partial charge >= 0.3 is 0 Å². The molecule has 1 atom stereocenters. The van der Waals surface area contributed by atoms with Gasteiger partial charge in [-0.2, -0.15) is 0 Å². The van der Waals surface area contributed by atoms with Crippen molar-refractivity contribution in [2.75, 3.05) is 21.3 Å². The van der Waals surface area contributed by atoms with Gasteiger partial charge in [0.25, 0.3) is 11.8 Å². The average molecular weight is 509 g/mol. The third-order valence-corrected chi connectivity index (χ3v) is 6.32. The van der Waals surface area contributed by atoms with E-state index in [0.717, 1.165) is 22.6 Å². The largest absolute Gasteiger partial charge is 0.497 e. The summed E-state index contributed by atoms with van der Waals surface area (Å²) < 4.78 is 15.8. The van der Waals surface area contributed by atoms with E-state index in [1.807, 2.05) is 41.8 Å². The highest BCUT2D eigenvalue weighted by atomic mass is 32.1. The average Bonchev–Trinajstić information content (AvgIpc) is 3.40. The van der Waals surface area contributed by atoms with Crippen molar-refractivity contribution in [3.8, 4) is 17.2 Å². The third kappa shape index (κ3) is 7.11. The molecule has 190 valence electrons. The molecule has 0 aliphatic carbocycles. The predicted octanol–water partition coefficient (Wildman–Crippen LogP) is 5.45. The molecule has 0 aliphatic heterocycles. The number of nitrogens with one attached hydrogen (secondary N) is 2. The molecule has 2 amide bonds. The number of benzene rings is 2. The van der Waals surface area contributed by atoms with Crippen molar-refractivity contribution in [3.63, 3.8) is 0 Å². The van der Waals surface area contributed by atoms with Crippen LogP contribution in [0.15, 0.2) is 65.7 Å². The molecule has 36 heavy (non-hydrogen) atoms. The molecule has 0 spiro atoms. The number of carbonyl (C=O) groups is 2. The van der Waals surface area contributed by atoms with Gasteiger partial charge < -0.3 is 24.8 Å². The first kappa shape index (κ1) is 26.8. The van der Waals surface area contributed by atoms with E-state index in [2.05, 4.69) is 24.5 Å².